The predicted molar refractivity (Wildman–Crippen MR) is 123 cm³/mol. The van der Waals surface area contributed by atoms with Crippen LogP contribution in [-0.2, 0) is 22.7 Å². The number of anilines is 1. The number of hydrogen-bond donors (Lipinski definition) is 1. The summed E-state index contributed by atoms with van der Waals surface area (Å²) in [6.07, 6.45) is 9.71. The molecule has 0 bridgehead atoms. The van der Waals surface area contributed by atoms with E-state index >= 15 is 0 Å². The van der Waals surface area contributed by atoms with Gasteiger partial charge in [0.25, 0.3) is 0 Å². The largest absolute Gasteiger partial charge is 0.370 e. The third kappa shape index (κ3) is 5.42. The van der Waals surface area contributed by atoms with Crippen molar-refractivity contribution in [1.82, 2.24) is 14.6 Å². The molecule has 0 radical (unpaired) electrons. The molecular formula is C23H33FN4O2S. The summed E-state index contributed by atoms with van der Waals surface area (Å²) in [5.74, 6) is 0.342. The second-order valence-electron chi connectivity index (χ2n) is 7.27. The Hall–Kier alpha value is -2.48. The van der Waals surface area contributed by atoms with E-state index in [9.17, 15) is 12.8 Å². The van der Waals surface area contributed by atoms with E-state index in [2.05, 4.69) is 29.2 Å². The average Bonchev–Trinajstić information content (AvgIpc) is 3.05. The fraction of sp³-hybridized carbons (Fsp3) is 0.478. The van der Waals surface area contributed by atoms with E-state index in [4.69, 9.17) is 0 Å². The van der Waals surface area contributed by atoms with Gasteiger partial charge in [-0.1, -0.05) is 51.3 Å². The Morgan fingerprint density at radius 1 is 1.03 bits per heavy atom. The smallest absolute Gasteiger partial charge is 0.214 e. The van der Waals surface area contributed by atoms with Gasteiger partial charge in [-0.2, -0.15) is 0 Å². The van der Waals surface area contributed by atoms with Gasteiger partial charge >= 0.3 is 0 Å². The maximum atomic E-state index is 13.2. The van der Waals surface area contributed by atoms with Gasteiger partial charge in [0.05, 0.1) is 12.1 Å². The molecule has 6 nitrogen and oxygen atoms in total. The number of nitrogens with one attached hydrogen (secondary N) is 1. The first-order valence-electron chi connectivity index (χ1n) is 10.8. The van der Waals surface area contributed by atoms with E-state index in [-0.39, 0.29) is 9.79 Å². The molecule has 2 aromatic heterocycles. The van der Waals surface area contributed by atoms with Gasteiger partial charge in [-0.25, -0.2) is 17.9 Å². The summed E-state index contributed by atoms with van der Waals surface area (Å²) in [7, 11) is -1.52. The Balaban J connectivity index is 0.000000513. The third-order valence-corrected chi connectivity index (χ3v) is 7.01. The Labute approximate surface area is 184 Å². The monoisotopic (exact) mass is 448 g/mol. The van der Waals surface area contributed by atoms with Crippen LogP contribution in [0.3, 0.4) is 0 Å². The fourth-order valence-electron chi connectivity index (χ4n) is 3.43. The SMILES string of the molecule is CCCC.CF.CNc1nn2c3c(cnc2c1S(=O)(=O)c1ccccc1)CCCCC3. The molecule has 0 spiro atoms. The van der Waals surface area contributed by atoms with Gasteiger partial charge in [0, 0.05) is 18.9 Å². The van der Waals surface area contributed by atoms with Crippen LogP contribution in [-0.4, -0.2) is 37.2 Å². The number of alkyl halides is 1. The number of benzene rings is 1. The van der Waals surface area contributed by atoms with E-state index in [1.807, 2.05) is 6.20 Å². The lowest BCUT2D eigenvalue weighted by molar-refractivity contribution is 0.597. The lowest BCUT2D eigenvalue weighted by Crippen LogP contribution is -2.07. The normalized spacial score (nSPS) is 13.2. The minimum Gasteiger partial charge on any atom is -0.370 e. The van der Waals surface area contributed by atoms with Crippen LogP contribution in [0.2, 0.25) is 0 Å². The molecule has 0 saturated carbocycles. The molecule has 0 unspecified atom stereocenters. The highest BCUT2D eigenvalue weighted by molar-refractivity contribution is 7.91. The molecular weight excluding hydrogens is 415 g/mol. The molecule has 0 aliphatic heterocycles. The van der Waals surface area contributed by atoms with Crippen molar-refractivity contribution in [2.24, 2.45) is 0 Å². The highest BCUT2D eigenvalue weighted by Crippen LogP contribution is 2.32. The number of aromatic nitrogens is 3. The molecule has 3 aromatic rings. The number of fused-ring (bicyclic) bond motifs is 3. The van der Waals surface area contributed by atoms with Gasteiger partial charge in [0.15, 0.2) is 16.4 Å². The van der Waals surface area contributed by atoms with Crippen molar-refractivity contribution in [3.05, 3.63) is 47.8 Å². The number of unbranched alkanes of at least 4 members (excludes halogenated alkanes) is 1. The Morgan fingerprint density at radius 2 is 1.68 bits per heavy atom. The summed E-state index contributed by atoms with van der Waals surface area (Å²) in [6, 6.07) is 8.43. The van der Waals surface area contributed by atoms with Crippen LogP contribution in [0, 0.1) is 0 Å². The molecule has 2 heterocycles. The van der Waals surface area contributed by atoms with E-state index < -0.39 is 9.84 Å². The van der Waals surface area contributed by atoms with Crippen molar-refractivity contribution in [2.75, 3.05) is 19.5 Å². The summed E-state index contributed by atoms with van der Waals surface area (Å²) in [6.45, 7) is 4.36. The molecule has 0 amide bonds. The molecule has 0 saturated heterocycles. The van der Waals surface area contributed by atoms with Crippen molar-refractivity contribution < 1.29 is 12.8 Å². The number of rotatable bonds is 4. The lowest BCUT2D eigenvalue weighted by Gasteiger charge is -2.08. The highest BCUT2D eigenvalue weighted by atomic mass is 32.2. The van der Waals surface area contributed by atoms with Gasteiger partial charge in [-0.3, -0.25) is 4.39 Å². The summed E-state index contributed by atoms with van der Waals surface area (Å²) < 4.78 is 37.6. The van der Waals surface area contributed by atoms with E-state index in [0.29, 0.717) is 18.6 Å². The highest BCUT2D eigenvalue weighted by Gasteiger charge is 2.29. The number of sulfone groups is 1. The zero-order chi connectivity index (χ0) is 22.9. The van der Waals surface area contributed by atoms with E-state index in [0.717, 1.165) is 31.4 Å². The van der Waals surface area contributed by atoms with Crippen LogP contribution < -0.4 is 5.32 Å². The quantitative estimate of drug-likeness (QED) is 0.551. The molecule has 170 valence electrons. The van der Waals surface area contributed by atoms with Crippen molar-refractivity contribution in [1.29, 1.82) is 0 Å². The summed E-state index contributed by atoms with van der Waals surface area (Å²) in [5.41, 5.74) is 2.64. The van der Waals surface area contributed by atoms with Crippen molar-refractivity contribution in [3.63, 3.8) is 0 Å². The van der Waals surface area contributed by atoms with E-state index in [1.165, 1.54) is 24.8 Å². The van der Waals surface area contributed by atoms with Crippen LogP contribution in [0.15, 0.2) is 46.3 Å². The maximum Gasteiger partial charge on any atom is 0.214 e. The zero-order valence-electron chi connectivity index (χ0n) is 18.9. The van der Waals surface area contributed by atoms with Crippen LogP contribution in [0.1, 0.15) is 57.2 Å². The molecule has 31 heavy (non-hydrogen) atoms. The number of aryl methyl sites for hydroxylation is 2. The number of hydrogen-bond acceptors (Lipinski definition) is 5. The number of halogens is 1. The second kappa shape index (κ2) is 11.8. The molecule has 1 aliphatic carbocycles. The molecule has 1 N–H and O–H groups in total. The summed E-state index contributed by atoms with van der Waals surface area (Å²) in [4.78, 5) is 4.87. The average molecular weight is 449 g/mol. The second-order valence-corrected chi connectivity index (χ2v) is 9.16. The molecule has 8 heteroatoms. The first-order valence-corrected chi connectivity index (χ1v) is 12.3. The van der Waals surface area contributed by atoms with Crippen molar-refractivity contribution in [3.8, 4) is 0 Å². The van der Waals surface area contributed by atoms with Crippen molar-refractivity contribution in [2.45, 2.75) is 68.6 Å². The van der Waals surface area contributed by atoms with Gasteiger partial charge in [-0.15, -0.1) is 5.10 Å². The first kappa shape index (κ1) is 24.8. The molecule has 1 aromatic carbocycles. The Bertz CT molecular complexity index is 1060. The van der Waals surface area contributed by atoms with Gasteiger partial charge < -0.3 is 5.32 Å². The summed E-state index contributed by atoms with van der Waals surface area (Å²) >= 11 is 0. The fourth-order valence-corrected chi connectivity index (χ4v) is 4.96. The van der Waals surface area contributed by atoms with Crippen molar-refractivity contribution >= 4 is 21.3 Å². The van der Waals surface area contributed by atoms with Gasteiger partial charge in [0.1, 0.15) is 0 Å². The molecule has 0 fully saturated rings. The minimum absolute atomic E-state index is 0.147. The number of nitrogens with zero attached hydrogens (tertiary/aromatic N) is 3. The molecule has 0 atom stereocenters. The topological polar surface area (TPSA) is 76.4 Å². The molecule has 1 aliphatic rings. The Kier molecular flexibility index (Phi) is 9.43. The van der Waals surface area contributed by atoms with Gasteiger partial charge in [0.2, 0.25) is 9.84 Å². The standard InChI is InChI=1S/C18H20N4O2S.C4H10.CH3F/c1-19-17-16(25(23,24)14-9-5-3-6-10-14)18-20-12-13-8-4-2-7-11-15(13)22(18)21-17;1-3-4-2;1-2/h3,5-6,9-10,12H,2,4,7-8,11H2,1H3,(H,19,21);3-4H2,1-2H3;1H3. The third-order valence-electron chi connectivity index (χ3n) is 5.21. The maximum absolute atomic E-state index is 13.2. The summed E-state index contributed by atoms with van der Waals surface area (Å²) in [5, 5.41) is 7.47. The predicted octanol–water partition coefficient (Wildman–Crippen LogP) is 5.26. The minimum atomic E-state index is -3.71. The Morgan fingerprint density at radius 3 is 2.29 bits per heavy atom. The van der Waals surface area contributed by atoms with Gasteiger partial charge in [-0.05, 0) is 43.4 Å². The van der Waals surface area contributed by atoms with E-state index in [1.54, 1.807) is 41.9 Å². The van der Waals surface area contributed by atoms with Crippen LogP contribution in [0.4, 0.5) is 10.2 Å². The first-order chi connectivity index (χ1) is 15.0. The molecule has 4 rings (SSSR count). The van der Waals surface area contributed by atoms with Crippen LogP contribution in [0.25, 0.3) is 5.65 Å². The van der Waals surface area contributed by atoms with Crippen LogP contribution >= 0.6 is 0 Å². The van der Waals surface area contributed by atoms with Crippen LogP contribution in [0.5, 0.6) is 0 Å². The zero-order valence-corrected chi connectivity index (χ0v) is 19.7. The lowest BCUT2D eigenvalue weighted by atomic mass is 10.1.